The monoisotopic (exact) mass is 268 g/mol. The quantitative estimate of drug-likeness (QED) is 0.902. The van der Waals surface area contributed by atoms with Crippen molar-refractivity contribution in [2.24, 2.45) is 5.73 Å². The number of hydrogen-bond acceptors (Lipinski definition) is 3. The van der Waals surface area contributed by atoms with Crippen LogP contribution in [0.5, 0.6) is 0 Å². The van der Waals surface area contributed by atoms with E-state index in [2.05, 4.69) is 0 Å². The molecule has 1 saturated heterocycles. The molecule has 1 aromatic carbocycles. The van der Waals surface area contributed by atoms with E-state index in [-0.39, 0.29) is 17.8 Å². The van der Waals surface area contributed by atoms with Crippen molar-refractivity contribution in [3.05, 3.63) is 35.6 Å². The molecule has 18 heavy (non-hydrogen) atoms. The standard InChI is InChI=1S/C13H17FN2OS/c14-11-3-1-10(2-4-11)7-12(15)8-13(17)16-5-6-18-9-16/h1-4,12H,5-9,15H2/t12-/m1/s1. The van der Waals surface area contributed by atoms with Gasteiger partial charge in [-0.3, -0.25) is 4.79 Å². The Kier molecular flexibility index (Phi) is 4.60. The van der Waals surface area contributed by atoms with Gasteiger partial charge in [0.05, 0.1) is 5.88 Å². The minimum Gasteiger partial charge on any atom is -0.333 e. The second kappa shape index (κ2) is 6.20. The van der Waals surface area contributed by atoms with Gasteiger partial charge in [0.15, 0.2) is 0 Å². The third-order valence-electron chi connectivity index (χ3n) is 2.95. The van der Waals surface area contributed by atoms with E-state index in [0.29, 0.717) is 12.8 Å². The highest BCUT2D eigenvalue weighted by atomic mass is 32.2. The highest BCUT2D eigenvalue weighted by Crippen LogP contribution is 2.15. The van der Waals surface area contributed by atoms with Crippen LogP contribution < -0.4 is 5.73 Å². The van der Waals surface area contributed by atoms with Gasteiger partial charge in [-0.1, -0.05) is 12.1 Å². The molecule has 0 aromatic heterocycles. The fourth-order valence-electron chi connectivity index (χ4n) is 1.96. The summed E-state index contributed by atoms with van der Waals surface area (Å²) >= 11 is 1.77. The van der Waals surface area contributed by atoms with Gasteiger partial charge in [0.25, 0.3) is 0 Å². The first-order valence-corrected chi connectivity index (χ1v) is 7.16. The number of carbonyl (C=O) groups is 1. The van der Waals surface area contributed by atoms with Crippen LogP contribution in [0.3, 0.4) is 0 Å². The van der Waals surface area contributed by atoms with Crippen molar-refractivity contribution >= 4 is 17.7 Å². The van der Waals surface area contributed by atoms with Crippen molar-refractivity contribution in [2.75, 3.05) is 18.2 Å². The predicted molar refractivity (Wildman–Crippen MR) is 71.7 cm³/mol. The lowest BCUT2D eigenvalue weighted by atomic mass is 10.0. The number of nitrogens with two attached hydrogens (primary N) is 1. The summed E-state index contributed by atoms with van der Waals surface area (Å²) in [6, 6.07) is 6.06. The second-order valence-corrected chi connectivity index (χ2v) is 5.56. The SMILES string of the molecule is N[C@@H](CC(=O)N1CCSC1)Cc1ccc(F)cc1. The summed E-state index contributed by atoms with van der Waals surface area (Å²) in [6.45, 7) is 0.826. The Morgan fingerprint density at radius 3 is 2.78 bits per heavy atom. The van der Waals surface area contributed by atoms with Crippen molar-refractivity contribution in [3.63, 3.8) is 0 Å². The molecule has 1 heterocycles. The fraction of sp³-hybridized carbons (Fsp3) is 0.462. The molecule has 0 spiro atoms. The predicted octanol–water partition coefficient (Wildman–Crippen LogP) is 1.62. The first-order valence-electron chi connectivity index (χ1n) is 6.00. The molecule has 0 unspecified atom stereocenters. The maximum absolute atomic E-state index is 12.7. The van der Waals surface area contributed by atoms with Gasteiger partial charge in [-0.05, 0) is 24.1 Å². The molecule has 1 aliphatic heterocycles. The molecule has 2 rings (SSSR count). The maximum atomic E-state index is 12.7. The van der Waals surface area contributed by atoms with Crippen molar-refractivity contribution in [1.29, 1.82) is 0 Å². The summed E-state index contributed by atoms with van der Waals surface area (Å²) in [7, 11) is 0. The van der Waals surface area contributed by atoms with Crippen LogP contribution in [0.1, 0.15) is 12.0 Å². The minimum atomic E-state index is -0.252. The van der Waals surface area contributed by atoms with Gasteiger partial charge in [-0.25, -0.2) is 4.39 Å². The lowest BCUT2D eigenvalue weighted by Gasteiger charge is -2.17. The smallest absolute Gasteiger partial charge is 0.224 e. The summed E-state index contributed by atoms with van der Waals surface area (Å²) in [5, 5.41) is 0. The Morgan fingerprint density at radius 1 is 1.44 bits per heavy atom. The number of amides is 1. The van der Waals surface area contributed by atoms with E-state index < -0.39 is 0 Å². The molecule has 5 heteroatoms. The molecular formula is C13H17FN2OS. The first-order chi connectivity index (χ1) is 8.65. The minimum absolute atomic E-state index is 0.120. The normalized spacial score (nSPS) is 16.9. The molecule has 0 bridgehead atoms. The van der Waals surface area contributed by atoms with Crippen LogP contribution in [0.4, 0.5) is 4.39 Å². The van der Waals surface area contributed by atoms with Crippen LogP contribution in [-0.4, -0.2) is 35.0 Å². The number of hydrogen-bond donors (Lipinski definition) is 1. The first kappa shape index (κ1) is 13.4. The highest BCUT2D eigenvalue weighted by molar-refractivity contribution is 7.99. The Morgan fingerprint density at radius 2 is 2.17 bits per heavy atom. The number of rotatable bonds is 4. The molecule has 1 fully saturated rings. The van der Waals surface area contributed by atoms with Gasteiger partial charge in [0.1, 0.15) is 5.82 Å². The van der Waals surface area contributed by atoms with Gasteiger partial charge < -0.3 is 10.6 Å². The van der Waals surface area contributed by atoms with Crippen LogP contribution in [0.15, 0.2) is 24.3 Å². The number of thioether (sulfide) groups is 1. The Labute approximate surface area is 111 Å². The van der Waals surface area contributed by atoms with Crippen molar-refractivity contribution in [3.8, 4) is 0 Å². The fourth-order valence-corrected chi connectivity index (χ4v) is 2.93. The zero-order chi connectivity index (χ0) is 13.0. The number of halogens is 1. The van der Waals surface area contributed by atoms with Crippen LogP contribution in [-0.2, 0) is 11.2 Å². The van der Waals surface area contributed by atoms with Gasteiger partial charge in [-0.2, -0.15) is 0 Å². The van der Waals surface area contributed by atoms with Crippen molar-refractivity contribution in [2.45, 2.75) is 18.9 Å². The molecule has 0 radical (unpaired) electrons. The van der Waals surface area contributed by atoms with E-state index in [1.165, 1.54) is 12.1 Å². The molecule has 1 atom stereocenters. The lowest BCUT2D eigenvalue weighted by Crippen LogP contribution is -2.35. The van der Waals surface area contributed by atoms with Gasteiger partial charge in [0, 0.05) is 24.8 Å². The van der Waals surface area contributed by atoms with Gasteiger partial charge in [0.2, 0.25) is 5.91 Å². The molecule has 98 valence electrons. The Hall–Kier alpha value is -1.07. The maximum Gasteiger partial charge on any atom is 0.224 e. The van der Waals surface area contributed by atoms with E-state index in [1.807, 2.05) is 4.90 Å². The van der Waals surface area contributed by atoms with E-state index in [1.54, 1.807) is 23.9 Å². The van der Waals surface area contributed by atoms with E-state index in [9.17, 15) is 9.18 Å². The van der Waals surface area contributed by atoms with Crippen molar-refractivity contribution < 1.29 is 9.18 Å². The van der Waals surface area contributed by atoms with Gasteiger partial charge >= 0.3 is 0 Å². The lowest BCUT2D eigenvalue weighted by molar-refractivity contribution is -0.130. The summed E-state index contributed by atoms with van der Waals surface area (Å²) < 4.78 is 12.7. The zero-order valence-corrected chi connectivity index (χ0v) is 11.0. The number of benzene rings is 1. The average Bonchev–Trinajstić information content (AvgIpc) is 2.85. The molecule has 2 N–H and O–H groups in total. The summed E-state index contributed by atoms with van der Waals surface area (Å²) in [4.78, 5) is 13.7. The molecular weight excluding hydrogens is 251 g/mol. The molecule has 0 saturated carbocycles. The zero-order valence-electron chi connectivity index (χ0n) is 10.1. The topological polar surface area (TPSA) is 46.3 Å². The summed E-state index contributed by atoms with van der Waals surface area (Å²) in [5.74, 6) is 1.66. The molecule has 3 nitrogen and oxygen atoms in total. The van der Waals surface area contributed by atoms with Crippen molar-refractivity contribution in [1.82, 2.24) is 4.90 Å². The second-order valence-electron chi connectivity index (χ2n) is 4.49. The van der Waals surface area contributed by atoms with E-state index in [4.69, 9.17) is 5.73 Å². The number of carbonyl (C=O) groups excluding carboxylic acids is 1. The number of nitrogens with zero attached hydrogens (tertiary/aromatic N) is 1. The third kappa shape index (κ3) is 3.71. The van der Waals surface area contributed by atoms with Crippen LogP contribution in [0.25, 0.3) is 0 Å². The Balaban J connectivity index is 1.82. The van der Waals surface area contributed by atoms with E-state index >= 15 is 0 Å². The Bertz CT molecular complexity index is 404. The molecule has 1 aromatic rings. The summed E-state index contributed by atoms with van der Waals surface area (Å²) in [5.41, 5.74) is 6.93. The van der Waals surface area contributed by atoms with Crippen LogP contribution in [0, 0.1) is 5.82 Å². The van der Waals surface area contributed by atoms with Gasteiger partial charge in [-0.15, -0.1) is 11.8 Å². The average molecular weight is 268 g/mol. The van der Waals surface area contributed by atoms with Crippen LogP contribution >= 0.6 is 11.8 Å². The molecule has 0 aliphatic carbocycles. The molecule has 1 aliphatic rings. The highest BCUT2D eigenvalue weighted by Gasteiger charge is 2.20. The molecule has 1 amide bonds. The largest absolute Gasteiger partial charge is 0.333 e. The third-order valence-corrected chi connectivity index (χ3v) is 3.92. The van der Waals surface area contributed by atoms with E-state index in [0.717, 1.165) is 23.7 Å². The van der Waals surface area contributed by atoms with Crippen LogP contribution in [0.2, 0.25) is 0 Å². The summed E-state index contributed by atoms with van der Waals surface area (Å²) in [6.07, 6.45) is 0.963.